The summed E-state index contributed by atoms with van der Waals surface area (Å²) in [7, 11) is 0. The van der Waals surface area contributed by atoms with E-state index in [-0.39, 0.29) is 11.6 Å². The maximum absolute atomic E-state index is 13.1. The molecule has 1 aromatic heterocycles. The summed E-state index contributed by atoms with van der Waals surface area (Å²) in [6.45, 7) is 1.97. The number of carbonyl (C=O) groups excluding carboxylic acids is 1. The first-order valence-corrected chi connectivity index (χ1v) is 9.24. The van der Waals surface area contributed by atoms with Gasteiger partial charge in [-0.05, 0) is 61.0 Å². The van der Waals surface area contributed by atoms with Crippen molar-refractivity contribution in [2.45, 2.75) is 6.92 Å². The van der Waals surface area contributed by atoms with Crippen LogP contribution in [0.25, 0.3) is 17.1 Å². The molecule has 0 unspecified atom stereocenters. The molecule has 0 saturated heterocycles. The lowest BCUT2D eigenvalue weighted by Gasteiger charge is -2.07. The first kappa shape index (κ1) is 18.8. The zero-order valence-corrected chi connectivity index (χ0v) is 16.2. The summed E-state index contributed by atoms with van der Waals surface area (Å²) in [5, 5.41) is 7.65. The van der Waals surface area contributed by atoms with Gasteiger partial charge in [-0.1, -0.05) is 35.9 Å². The quantitative estimate of drug-likeness (QED) is 0.501. The van der Waals surface area contributed by atoms with Crippen LogP contribution in [0.5, 0.6) is 0 Å². The number of aromatic nitrogens is 3. The van der Waals surface area contributed by atoms with Crippen molar-refractivity contribution >= 4 is 23.2 Å². The van der Waals surface area contributed by atoms with Crippen LogP contribution in [0.4, 0.5) is 10.1 Å². The third-order valence-corrected chi connectivity index (χ3v) is 4.48. The van der Waals surface area contributed by atoms with Crippen molar-refractivity contribution in [3.63, 3.8) is 0 Å². The smallest absolute Gasteiger partial charge is 0.295 e. The van der Waals surface area contributed by atoms with Crippen molar-refractivity contribution in [1.29, 1.82) is 0 Å². The fourth-order valence-electron chi connectivity index (χ4n) is 2.88. The molecule has 4 aromatic rings. The van der Waals surface area contributed by atoms with E-state index in [0.29, 0.717) is 16.5 Å². The average Bonchev–Trinajstić information content (AvgIpc) is 3.15. The molecule has 0 aliphatic heterocycles. The highest BCUT2D eigenvalue weighted by molar-refractivity contribution is 6.30. The van der Waals surface area contributed by atoms with Crippen molar-refractivity contribution in [3.05, 3.63) is 95.0 Å². The molecular formula is C22H16ClFN4O. The van der Waals surface area contributed by atoms with Crippen molar-refractivity contribution in [3.8, 4) is 17.1 Å². The molecule has 0 atom stereocenters. The van der Waals surface area contributed by atoms with Crippen molar-refractivity contribution in [1.82, 2.24) is 14.8 Å². The van der Waals surface area contributed by atoms with Crippen LogP contribution >= 0.6 is 11.6 Å². The predicted molar refractivity (Wildman–Crippen MR) is 111 cm³/mol. The molecule has 4 rings (SSSR count). The van der Waals surface area contributed by atoms with Crippen molar-refractivity contribution in [2.24, 2.45) is 0 Å². The molecule has 0 spiro atoms. The Morgan fingerprint density at radius 1 is 1.03 bits per heavy atom. The van der Waals surface area contributed by atoms with E-state index in [1.54, 1.807) is 16.8 Å². The van der Waals surface area contributed by atoms with Crippen molar-refractivity contribution in [2.75, 3.05) is 5.32 Å². The average molecular weight is 407 g/mol. The van der Waals surface area contributed by atoms with E-state index in [2.05, 4.69) is 15.4 Å². The van der Waals surface area contributed by atoms with Crippen LogP contribution in [0.1, 0.15) is 16.2 Å². The van der Waals surface area contributed by atoms with Crippen LogP contribution < -0.4 is 5.32 Å². The first-order valence-electron chi connectivity index (χ1n) is 8.86. The standard InChI is InChI=1S/C22H16ClFN4O/c1-14-4-2-7-19(12-14)28-21(15-5-3-6-16(23)13-15)26-20(27-28)22(29)25-18-10-8-17(24)9-11-18/h2-13H,1H3,(H,25,29). The highest BCUT2D eigenvalue weighted by Gasteiger charge is 2.19. The van der Waals surface area contributed by atoms with Gasteiger partial charge in [-0.25, -0.2) is 14.1 Å². The van der Waals surface area contributed by atoms with E-state index in [4.69, 9.17) is 11.6 Å². The second-order valence-corrected chi connectivity index (χ2v) is 6.92. The van der Waals surface area contributed by atoms with Gasteiger partial charge in [-0.2, -0.15) is 0 Å². The van der Waals surface area contributed by atoms with Crippen LogP contribution in [0.3, 0.4) is 0 Å². The number of aryl methyl sites for hydroxylation is 1. The molecular weight excluding hydrogens is 391 g/mol. The Morgan fingerprint density at radius 2 is 1.79 bits per heavy atom. The van der Waals surface area contributed by atoms with Gasteiger partial charge >= 0.3 is 0 Å². The second-order valence-electron chi connectivity index (χ2n) is 6.48. The summed E-state index contributed by atoms with van der Waals surface area (Å²) in [5.74, 6) is -0.396. The number of hydrogen-bond acceptors (Lipinski definition) is 3. The number of amides is 1. The number of nitrogens with zero attached hydrogens (tertiary/aromatic N) is 3. The van der Waals surface area contributed by atoms with Crippen LogP contribution in [0, 0.1) is 12.7 Å². The minimum atomic E-state index is -0.494. The third kappa shape index (κ3) is 4.17. The molecule has 144 valence electrons. The summed E-state index contributed by atoms with van der Waals surface area (Å²) in [5.41, 5.74) is 3.00. The zero-order valence-electron chi connectivity index (χ0n) is 15.4. The number of carbonyl (C=O) groups is 1. The fourth-order valence-corrected chi connectivity index (χ4v) is 3.07. The Kier molecular flexibility index (Phi) is 5.10. The number of rotatable bonds is 4. The molecule has 7 heteroatoms. The Balaban J connectivity index is 1.76. The molecule has 0 aliphatic rings. The van der Waals surface area contributed by atoms with Gasteiger partial charge < -0.3 is 5.32 Å². The predicted octanol–water partition coefficient (Wildman–Crippen LogP) is 5.29. The highest BCUT2D eigenvalue weighted by atomic mass is 35.5. The number of anilines is 1. The monoisotopic (exact) mass is 406 g/mol. The molecule has 0 saturated carbocycles. The highest BCUT2D eigenvalue weighted by Crippen LogP contribution is 2.24. The van der Waals surface area contributed by atoms with Crippen molar-refractivity contribution < 1.29 is 9.18 Å². The van der Waals surface area contributed by atoms with Crippen LogP contribution in [-0.2, 0) is 0 Å². The van der Waals surface area contributed by atoms with Gasteiger partial charge in [0.1, 0.15) is 5.82 Å². The zero-order chi connectivity index (χ0) is 20.4. The topological polar surface area (TPSA) is 59.8 Å². The molecule has 1 heterocycles. The minimum absolute atomic E-state index is 0.00851. The largest absolute Gasteiger partial charge is 0.319 e. The Morgan fingerprint density at radius 3 is 2.52 bits per heavy atom. The third-order valence-electron chi connectivity index (χ3n) is 4.24. The molecule has 0 aliphatic carbocycles. The molecule has 0 bridgehead atoms. The second kappa shape index (κ2) is 7.85. The van der Waals surface area contributed by atoms with E-state index < -0.39 is 5.91 Å². The van der Waals surface area contributed by atoms with Gasteiger partial charge in [-0.3, -0.25) is 4.79 Å². The van der Waals surface area contributed by atoms with Gasteiger partial charge in [0, 0.05) is 16.3 Å². The Labute approximate surface area is 171 Å². The van der Waals surface area contributed by atoms with Crippen LogP contribution in [-0.4, -0.2) is 20.7 Å². The fraction of sp³-hybridized carbons (Fsp3) is 0.0455. The lowest BCUT2D eigenvalue weighted by atomic mass is 10.2. The molecule has 1 amide bonds. The van der Waals surface area contributed by atoms with Gasteiger partial charge in [0.2, 0.25) is 5.82 Å². The summed E-state index contributed by atoms with van der Waals surface area (Å²) in [6.07, 6.45) is 0. The van der Waals surface area contributed by atoms with Gasteiger partial charge in [-0.15, -0.1) is 5.10 Å². The number of halogens is 2. The van der Waals surface area contributed by atoms with E-state index in [1.807, 2.05) is 43.3 Å². The molecule has 0 radical (unpaired) electrons. The Hall–Kier alpha value is -3.51. The SMILES string of the molecule is Cc1cccc(-n2nc(C(=O)Nc3ccc(F)cc3)nc2-c2cccc(Cl)c2)c1. The number of benzene rings is 3. The molecule has 5 nitrogen and oxygen atoms in total. The van der Waals surface area contributed by atoms with Gasteiger partial charge in [0.05, 0.1) is 5.69 Å². The summed E-state index contributed by atoms with van der Waals surface area (Å²) >= 11 is 6.14. The number of nitrogens with one attached hydrogen (secondary N) is 1. The maximum atomic E-state index is 13.1. The summed E-state index contributed by atoms with van der Waals surface area (Å²) in [4.78, 5) is 17.1. The first-order chi connectivity index (χ1) is 14.0. The summed E-state index contributed by atoms with van der Waals surface area (Å²) < 4.78 is 14.7. The van der Waals surface area contributed by atoms with Gasteiger partial charge in [0.25, 0.3) is 5.91 Å². The van der Waals surface area contributed by atoms with E-state index in [0.717, 1.165) is 16.8 Å². The molecule has 1 N–H and O–H groups in total. The van der Waals surface area contributed by atoms with Crippen LogP contribution in [0.15, 0.2) is 72.8 Å². The van der Waals surface area contributed by atoms with E-state index in [1.165, 1.54) is 24.3 Å². The Bertz CT molecular complexity index is 1120. The number of hydrogen-bond donors (Lipinski definition) is 1. The molecule has 3 aromatic carbocycles. The van der Waals surface area contributed by atoms with Gasteiger partial charge in [0.15, 0.2) is 5.82 Å². The minimum Gasteiger partial charge on any atom is -0.319 e. The summed E-state index contributed by atoms with van der Waals surface area (Å²) in [6, 6.07) is 20.4. The van der Waals surface area contributed by atoms with E-state index >= 15 is 0 Å². The maximum Gasteiger partial charge on any atom is 0.295 e. The lowest BCUT2D eigenvalue weighted by Crippen LogP contribution is -2.14. The lowest BCUT2D eigenvalue weighted by molar-refractivity contribution is 0.101. The molecule has 0 fully saturated rings. The van der Waals surface area contributed by atoms with Crippen LogP contribution in [0.2, 0.25) is 5.02 Å². The molecule has 29 heavy (non-hydrogen) atoms. The normalized spacial score (nSPS) is 10.7. The van der Waals surface area contributed by atoms with E-state index in [9.17, 15) is 9.18 Å².